The van der Waals surface area contributed by atoms with E-state index in [4.69, 9.17) is 0 Å². The van der Waals surface area contributed by atoms with Crippen molar-refractivity contribution in [2.75, 3.05) is 26.2 Å². The van der Waals surface area contributed by atoms with Crippen LogP contribution >= 0.6 is 24.8 Å². The van der Waals surface area contributed by atoms with Crippen molar-refractivity contribution in [3.63, 3.8) is 0 Å². The maximum Gasteiger partial charge on any atom is 0.461 e. The predicted molar refractivity (Wildman–Crippen MR) is 85.4 cm³/mol. The molecule has 1 aliphatic rings. The SMILES string of the molecule is C[C@@H](c1cccc(OC(F)(F)C(F)F)c1)N1CCNCC1.Cl.Cl. The summed E-state index contributed by atoms with van der Waals surface area (Å²) in [7, 11) is 0. The third-order valence-corrected chi connectivity index (χ3v) is 3.55. The van der Waals surface area contributed by atoms with Crippen LogP contribution in [-0.4, -0.2) is 43.6 Å². The molecule has 0 saturated carbocycles. The van der Waals surface area contributed by atoms with Gasteiger partial charge in [-0.15, -0.1) is 24.8 Å². The molecule has 0 bridgehead atoms. The summed E-state index contributed by atoms with van der Waals surface area (Å²) in [4.78, 5) is 2.20. The first-order valence-electron chi connectivity index (χ1n) is 6.80. The van der Waals surface area contributed by atoms with Crippen LogP contribution in [0.3, 0.4) is 0 Å². The third-order valence-electron chi connectivity index (χ3n) is 3.55. The zero-order chi connectivity index (χ0) is 15.5. The van der Waals surface area contributed by atoms with Crippen molar-refractivity contribution in [3.8, 4) is 5.75 Å². The second-order valence-electron chi connectivity index (χ2n) is 5.00. The van der Waals surface area contributed by atoms with Gasteiger partial charge < -0.3 is 10.1 Å². The smallest absolute Gasteiger partial charge is 0.428 e. The Labute approximate surface area is 145 Å². The summed E-state index contributed by atoms with van der Waals surface area (Å²) in [6.45, 7) is 5.38. The van der Waals surface area contributed by atoms with Gasteiger partial charge in [-0.3, -0.25) is 4.90 Å². The molecule has 23 heavy (non-hydrogen) atoms. The first kappa shape index (κ1) is 22.2. The van der Waals surface area contributed by atoms with Gasteiger partial charge in [-0.2, -0.15) is 17.6 Å². The van der Waals surface area contributed by atoms with Crippen molar-refractivity contribution in [2.24, 2.45) is 0 Å². The van der Waals surface area contributed by atoms with E-state index in [1.165, 1.54) is 18.2 Å². The first-order chi connectivity index (χ1) is 9.90. The molecule has 0 spiro atoms. The second kappa shape index (κ2) is 9.52. The average molecular weight is 379 g/mol. The quantitative estimate of drug-likeness (QED) is 0.790. The summed E-state index contributed by atoms with van der Waals surface area (Å²) in [5.41, 5.74) is 0.763. The molecule has 1 heterocycles. The van der Waals surface area contributed by atoms with Crippen LogP contribution in [0, 0.1) is 0 Å². The highest BCUT2D eigenvalue weighted by molar-refractivity contribution is 5.85. The molecular weight excluding hydrogens is 359 g/mol. The lowest BCUT2D eigenvalue weighted by Crippen LogP contribution is -2.44. The van der Waals surface area contributed by atoms with Gasteiger partial charge in [-0.25, -0.2) is 0 Å². The first-order valence-corrected chi connectivity index (χ1v) is 6.80. The lowest BCUT2D eigenvalue weighted by molar-refractivity contribution is -0.253. The number of halogens is 6. The molecular formula is C14H20Cl2F4N2O. The van der Waals surface area contributed by atoms with Gasteiger partial charge in [0.05, 0.1) is 0 Å². The number of ether oxygens (including phenoxy) is 1. The lowest BCUT2D eigenvalue weighted by atomic mass is 10.1. The van der Waals surface area contributed by atoms with Crippen LogP contribution in [0.5, 0.6) is 5.75 Å². The zero-order valence-electron chi connectivity index (χ0n) is 12.5. The van der Waals surface area contributed by atoms with Gasteiger partial charge in [0, 0.05) is 32.2 Å². The van der Waals surface area contributed by atoms with Crippen LogP contribution in [0.2, 0.25) is 0 Å². The van der Waals surface area contributed by atoms with E-state index in [1.54, 1.807) is 6.07 Å². The summed E-state index contributed by atoms with van der Waals surface area (Å²) >= 11 is 0. The van der Waals surface area contributed by atoms with Crippen molar-refractivity contribution in [1.82, 2.24) is 10.2 Å². The monoisotopic (exact) mass is 378 g/mol. The van der Waals surface area contributed by atoms with Crippen molar-refractivity contribution in [1.29, 1.82) is 0 Å². The van der Waals surface area contributed by atoms with Crippen LogP contribution in [-0.2, 0) is 0 Å². The van der Waals surface area contributed by atoms with Gasteiger partial charge in [0.25, 0.3) is 0 Å². The second-order valence-corrected chi connectivity index (χ2v) is 5.00. The molecule has 0 aliphatic carbocycles. The Morgan fingerprint density at radius 3 is 2.35 bits per heavy atom. The van der Waals surface area contributed by atoms with Crippen LogP contribution in [0.4, 0.5) is 17.6 Å². The molecule has 0 unspecified atom stereocenters. The Morgan fingerprint density at radius 1 is 1.17 bits per heavy atom. The van der Waals surface area contributed by atoms with E-state index in [-0.39, 0.29) is 36.6 Å². The van der Waals surface area contributed by atoms with Crippen LogP contribution in [0.25, 0.3) is 0 Å². The Hall–Kier alpha value is -0.760. The minimum atomic E-state index is -4.48. The van der Waals surface area contributed by atoms with E-state index < -0.39 is 12.5 Å². The Morgan fingerprint density at radius 2 is 1.78 bits per heavy atom. The Kier molecular flexibility index (Phi) is 9.20. The summed E-state index contributed by atoms with van der Waals surface area (Å²) in [6.07, 6.45) is -8.33. The number of nitrogens with one attached hydrogen (secondary N) is 1. The van der Waals surface area contributed by atoms with Crippen molar-refractivity contribution in [2.45, 2.75) is 25.5 Å². The molecule has 0 amide bonds. The summed E-state index contributed by atoms with van der Waals surface area (Å²) < 4.78 is 54.3. The fourth-order valence-corrected chi connectivity index (χ4v) is 2.32. The van der Waals surface area contributed by atoms with Gasteiger partial charge in [-0.1, -0.05) is 12.1 Å². The van der Waals surface area contributed by atoms with Crippen LogP contribution < -0.4 is 10.1 Å². The van der Waals surface area contributed by atoms with Crippen LogP contribution in [0.15, 0.2) is 24.3 Å². The number of hydrogen-bond acceptors (Lipinski definition) is 3. The molecule has 1 saturated heterocycles. The highest BCUT2D eigenvalue weighted by atomic mass is 35.5. The van der Waals surface area contributed by atoms with E-state index in [9.17, 15) is 17.6 Å². The molecule has 9 heteroatoms. The summed E-state index contributed by atoms with van der Waals surface area (Å²) in [5.74, 6) is -0.250. The maximum atomic E-state index is 12.9. The highest BCUT2D eigenvalue weighted by Gasteiger charge is 2.44. The van der Waals surface area contributed by atoms with Gasteiger partial charge in [0.15, 0.2) is 0 Å². The fourth-order valence-electron chi connectivity index (χ4n) is 2.32. The number of hydrogen-bond donors (Lipinski definition) is 1. The van der Waals surface area contributed by atoms with Gasteiger partial charge in [-0.05, 0) is 24.6 Å². The topological polar surface area (TPSA) is 24.5 Å². The van der Waals surface area contributed by atoms with E-state index >= 15 is 0 Å². The molecule has 0 radical (unpaired) electrons. The zero-order valence-corrected chi connectivity index (χ0v) is 14.1. The third kappa shape index (κ3) is 5.99. The molecule has 1 fully saturated rings. The van der Waals surface area contributed by atoms with Crippen molar-refractivity contribution in [3.05, 3.63) is 29.8 Å². The minimum absolute atomic E-state index is 0. The molecule has 134 valence electrons. The van der Waals surface area contributed by atoms with Gasteiger partial charge in [0.2, 0.25) is 0 Å². The number of nitrogens with zero attached hydrogens (tertiary/aromatic N) is 1. The highest BCUT2D eigenvalue weighted by Crippen LogP contribution is 2.30. The van der Waals surface area contributed by atoms with Gasteiger partial charge >= 0.3 is 12.5 Å². The normalized spacial score (nSPS) is 17.1. The Balaban J connectivity index is 0.00000242. The lowest BCUT2D eigenvalue weighted by Gasteiger charge is -2.33. The number of piperazine rings is 1. The molecule has 1 N–H and O–H groups in total. The molecule has 1 atom stereocenters. The summed E-state index contributed by atoms with van der Waals surface area (Å²) in [5, 5.41) is 3.23. The van der Waals surface area contributed by atoms with Crippen molar-refractivity contribution >= 4 is 24.8 Å². The van der Waals surface area contributed by atoms with Gasteiger partial charge in [0.1, 0.15) is 5.75 Å². The predicted octanol–water partition coefficient (Wildman–Crippen LogP) is 3.73. The van der Waals surface area contributed by atoms with E-state index in [1.807, 2.05) is 6.92 Å². The van der Waals surface area contributed by atoms with Crippen molar-refractivity contribution < 1.29 is 22.3 Å². The summed E-state index contributed by atoms with van der Waals surface area (Å²) in [6, 6.07) is 5.97. The number of rotatable bonds is 5. The van der Waals surface area contributed by atoms with E-state index in [2.05, 4.69) is 15.0 Å². The molecule has 0 aromatic heterocycles. The average Bonchev–Trinajstić information content (AvgIpc) is 2.47. The fraction of sp³-hybridized carbons (Fsp3) is 0.571. The Bertz CT molecular complexity index is 474. The van der Waals surface area contributed by atoms with E-state index in [0.29, 0.717) is 0 Å². The standard InChI is InChI=1S/C14H18F4N2O.2ClH/c1-10(20-7-5-19-6-8-20)11-3-2-4-12(9-11)21-14(17,18)13(15)16;;/h2-4,9-10,13,19H,5-8H2,1H3;2*1H/t10-;;/m0../s1. The largest absolute Gasteiger partial charge is 0.461 e. The number of benzene rings is 1. The molecule has 1 aliphatic heterocycles. The number of alkyl halides is 4. The molecule has 1 aromatic carbocycles. The minimum Gasteiger partial charge on any atom is -0.428 e. The maximum absolute atomic E-state index is 12.9. The molecule has 2 rings (SSSR count). The van der Waals surface area contributed by atoms with Crippen LogP contribution in [0.1, 0.15) is 18.5 Å². The van der Waals surface area contributed by atoms with E-state index in [0.717, 1.165) is 31.7 Å². The molecule has 1 aromatic rings. The molecule has 3 nitrogen and oxygen atoms in total.